The van der Waals surface area contributed by atoms with Crippen molar-refractivity contribution in [2.24, 2.45) is 5.92 Å². The lowest BCUT2D eigenvalue weighted by molar-refractivity contribution is -0.0116. The third-order valence-electron chi connectivity index (χ3n) is 4.75. The molecule has 2 atom stereocenters. The standard InChI is InChI=1S/C15H30N2O2/c1-16-15-5-3-2-4-13(15)12-17-8-6-14(7-9-17)19-11-10-18/h13-16,18H,2-12H2,1H3. The summed E-state index contributed by atoms with van der Waals surface area (Å²) in [5, 5.41) is 12.3. The molecule has 0 amide bonds. The first-order chi connectivity index (χ1) is 9.33. The zero-order chi connectivity index (χ0) is 13.5. The van der Waals surface area contributed by atoms with E-state index < -0.39 is 0 Å². The quantitative estimate of drug-likeness (QED) is 0.762. The Morgan fingerprint density at radius 1 is 1.16 bits per heavy atom. The molecule has 0 aromatic rings. The summed E-state index contributed by atoms with van der Waals surface area (Å²) < 4.78 is 5.62. The van der Waals surface area contributed by atoms with Gasteiger partial charge in [0, 0.05) is 25.7 Å². The molecule has 2 aliphatic rings. The van der Waals surface area contributed by atoms with Gasteiger partial charge in [-0.2, -0.15) is 0 Å². The average molecular weight is 270 g/mol. The van der Waals surface area contributed by atoms with Gasteiger partial charge in [-0.15, -0.1) is 0 Å². The van der Waals surface area contributed by atoms with Gasteiger partial charge in [-0.05, 0) is 38.6 Å². The maximum absolute atomic E-state index is 8.78. The molecule has 2 unspecified atom stereocenters. The van der Waals surface area contributed by atoms with Gasteiger partial charge in [0.15, 0.2) is 0 Å². The van der Waals surface area contributed by atoms with E-state index in [1.807, 2.05) is 0 Å². The highest BCUT2D eigenvalue weighted by Crippen LogP contribution is 2.26. The van der Waals surface area contributed by atoms with Crippen LogP contribution in [-0.4, -0.2) is 62.0 Å². The maximum Gasteiger partial charge on any atom is 0.0701 e. The molecule has 2 fully saturated rings. The third-order valence-corrected chi connectivity index (χ3v) is 4.75. The molecule has 0 radical (unpaired) electrons. The van der Waals surface area contributed by atoms with E-state index >= 15 is 0 Å². The number of hydrogen-bond acceptors (Lipinski definition) is 4. The van der Waals surface area contributed by atoms with E-state index in [1.165, 1.54) is 32.2 Å². The van der Waals surface area contributed by atoms with Crippen molar-refractivity contribution < 1.29 is 9.84 Å². The Balaban J connectivity index is 1.69. The van der Waals surface area contributed by atoms with E-state index in [0.29, 0.717) is 12.7 Å². The van der Waals surface area contributed by atoms with Crippen LogP contribution in [0.3, 0.4) is 0 Å². The first kappa shape index (κ1) is 15.2. The molecule has 2 N–H and O–H groups in total. The molecule has 0 aromatic heterocycles. The third kappa shape index (κ3) is 4.71. The van der Waals surface area contributed by atoms with Gasteiger partial charge in [-0.1, -0.05) is 12.8 Å². The molecular formula is C15H30N2O2. The number of hydrogen-bond donors (Lipinski definition) is 2. The van der Waals surface area contributed by atoms with Crippen LogP contribution < -0.4 is 5.32 Å². The van der Waals surface area contributed by atoms with Crippen LogP contribution in [0.5, 0.6) is 0 Å². The second kappa shape index (κ2) is 8.20. The van der Waals surface area contributed by atoms with Crippen LogP contribution in [-0.2, 0) is 4.74 Å². The smallest absolute Gasteiger partial charge is 0.0701 e. The van der Waals surface area contributed by atoms with E-state index in [0.717, 1.165) is 37.9 Å². The molecule has 1 saturated carbocycles. The number of ether oxygens (including phenoxy) is 1. The monoisotopic (exact) mass is 270 g/mol. The van der Waals surface area contributed by atoms with Crippen molar-refractivity contribution in [1.82, 2.24) is 10.2 Å². The highest BCUT2D eigenvalue weighted by Gasteiger charge is 2.27. The molecule has 0 bridgehead atoms. The highest BCUT2D eigenvalue weighted by molar-refractivity contribution is 4.84. The summed E-state index contributed by atoms with van der Waals surface area (Å²) in [7, 11) is 2.11. The normalized spacial score (nSPS) is 30.6. The molecule has 112 valence electrons. The minimum Gasteiger partial charge on any atom is -0.394 e. The van der Waals surface area contributed by atoms with Crippen molar-refractivity contribution in [3.05, 3.63) is 0 Å². The second-order valence-electron chi connectivity index (χ2n) is 6.03. The van der Waals surface area contributed by atoms with E-state index in [1.54, 1.807) is 0 Å². The molecule has 0 spiro atoms. The van der Waals surface area contributed by atoms with E-state index in [2.05, 4.69) is 17.3 Å². The lowest BCUT2D eigenvalue weighted by atomic mass is 9.84. The van der Waals surface area contributed by atoms with Gasteiger partial charge in [-0.3, -0.25) is 0 Å². The van der Waals surface area contributed by atoms with Crippen LogP contribution in [0.25, 0.3) is 0 Å². The van der Waals surface area contributed by atoms with Crippen molar-refractivity contribution in [3.63, 3.8) is 0 Å². The molecule has 19 heavy (non-hydrogen) atoms. The van der Waals surface area contributed by atoms with E-state index in [-0.39, 0.29) is 6.61 Å². The van der Waals surface area contributed by atoms with Crippen LogP contribution >= 0.6 is 0 Å². The molecular weight excluding hydrogens is 240 g/mol. The first-order valence-electron chi connectivity index (χ1n) is 7.95. The van der Waals surface area contributed by atoms with Gasteiger partial charge in [0.2, 0.25) is 0 Å². The molecule has 4 heteroatoms. The van der Waals surface area contributed by atoms with Gasteiger partial charge in [0.1, 0.15) is 0 Å². The largest absolute Gasteiger partial charge is 0.394 e. The zero-order valence-electron chi connectivity index (χ0n) is 12.3. The van der Waals surface area contributed by atoms with Crippen LogP contribution in [0.2, 0.25) is 0 Å². The Kier molecular flexibility index (Phi) is 6.57. The average Bonchev–Trinajstić information content (AvgIpc) is 2.47. The van der Waals surface area contributed by atoms with Crippen LogP contribution in [0, 0.1) is 5.92 Å². The topological polar surface area (TPSA) is 44.7 Å². The number of likely N-dealkylation sites (tertiary alicyclic amines) is 1. The number of rotatable bonds is 6. The van der Waals surface area contributed by atoms with Crippen LogP contribution in [0.1, 0.15) is 38.5 Å². The molecule has 4 nitrogen and oxygen atoms in total. The van der Waals surface area contributed by atoms with Crippen molar-refractivity contribution >= 4 is 0 Å². The number of piperidine rings is 1. The lowest BCUT2D eigenvalue weighted by Crippen LogP contribution is -2.46. The molecule has 1 heterocycles. The van der Waals surface area contributed by atoms with Gasteiger partial charge in [0.25, 0.3) is 0 Å². The Labute approximate surface area is 117 Å². The molecule has 1 aliphatic heterocycles. The summed E-state index contributed by atoms with van der Waals surface area (Å²) in [5.41, 5.74) is 0. The van der Waals surface area contributed by atoms with E-state index in [4.69, 9.17) is 9.84 Å². The fraction of sp³-hybridized carbons (Fsp3) is 1.00. The zero-order valence-corrected chi connectivity index (χ0v) is 12.3. The van der Waals surface area contributed by atoms with Crippen molar-refractivity contribution in [3.8, 4) is 0 Å². The van der Waals surface area contributed by atoms with Gasteiger partial charge < -0.3 is 20.1 Å². The summed E-state index contributed by atoms with van der Waals surface area (Å²) >= 11 is 0. The summed E-state index contributed by atoms with van der Waals surface area (Å²) in [5.74, 6) is 0.827. The maximum atomic E-state index is 8.78. The minimum absolute atomic E-state index is 0.145. The predicted molar refractivity (Wildman–Crippen MR) is 77.3 cm³/mol. The lowest BCUT2D eigenvalue weighted by Gasteiger charge is -2.38. The van der Waals surface area contributed by atoms with Crippen molar-refractivity contribution in [2.45, 2.75) is 50.7 Å². The molecule has 1 aliphatic carbocycles. The summed E-state index contributed by atoms with van der Waals surface area (Å²) in [4.78, 5) is 2.61. The minimum atomic E-state index is 0.145. The fourth-order valence-electron chi connectivity index (χ4n) is 3.62. The molecule has 0 aromatic carbocycles. The number of aliphatic hydroxyl groups excluding tert-OH is 1. The Morgan fingerprint density at radius 2 is 1.89 bits per heavy atom. The predicted octanol–water partition coefficient (Wildman–Crippen LogP) is 1.24. The summed E-state index contributed by atoms with van der Waals surface area (Å²) in [6, 6.07) is 0.720. The van der Waals surface area contributed by atoms with Crippen LogP contribution in [0.15, 0.2) is 0 Å². The Hall–Kier alpha value is -0.160. The number of nitrogens with one attached hydrogen (secondary N) is 1. The number of nitrogens with zero attached hydrogens (tertiary/aromatic N) is 1. The van der Waals surface area contributed by atoms with Gasteiger partial charge in [0.05, 0.1) is 19.3 Å². The van der Waals surface area contributed by atoms with Gasteiger partial charge >= 0.3 is 0 Å². The fourth-order valence-corrected chi connectivity index (χ4v) is 3.62. The Bertz CT molecular complexity index is 242. The van der Waals surface area contributed by atoms with E-state index in [9.17, 15) is 0 Å². The Morgan fingerprint density at radius 3 is 2.58 bits per heavy atom. The SMILES string of the molecule is CNC1CCCCC1CN1CCC(OCCO)CC1. The highest BCUT2D eigenvalue weighted by atomic mass is 16.5. The number of aliphatic hydroxyl groups is 1. The van der Waals surface area contributed by atoms with Crippen molar-refractivity contribution in [2.75, 3.05) is 39.9 Å². The van der Waals surface area contributed by atoms with Crippen LogP contribution in [0.4, 0.5) is 0 Å². The van der Waals surface area contributed by atoms with Crippen molar-refractivity contribution in [1.29, 1.82) is 0 Å². The molecule has 1 saturated heterocycles. The first-order valence-corrected chi connectivity index (χ1v) is 7.95. The second-order valence-corrected chi connectivity index (χ2v) is 6.03. The summed E-state index contributed by atoms with van der Waals surface area (Å²) in [6.45, 7) is 4.20. The molecule has 2 rings (SSSR count). The van der Waals surface area contributed by atoms with Gasteiger partial charge in [-0.25, -0.2) is 0 Å². The summed E-state index contributed by atoms with van der Waals surface area (Å²) in [6.07, 6.45) is 8.13.